The summed E-state index contributed by atoms with van der Waals surface area (Å²) in [5.41, 5.74) is 4.13. The van der Waals surface area contributed by atoms with Crippen molar-refractivity contribution >= 4 is 27.3 Å². The lowest BCUT2D eigenvalue weighted by molar-refractivity contribution is 0.556. The summed E-state index contributed by atoms with van der Waals surface area (Å²) in [7, 11) is 0. The number of aryl methyl sites for hydroxylation is 2. The van der Waals surface area contributed by atoms with Crippen LogP contribution in [-0.2, 0) is 6.42 Å². The Morgan fingerprint density at radius 1 is 1.21 bits per heavy atom. The second kappa shape index (κ2) is 6.69. The highest BCUT2D eigenvalue weighted by Gasteiger charge is 2.15. The zero-order chi connectivity index (χ0) is 13.8. The van der Waals surface area contributed by atoms with E-state index in [0.29, 0.717) is 6.04 Å². The topological polar surface area (TPSA) is 12.0 Å². The molecule has 0 aliphatic rings. The van der Waals surface area contributed by atoms with Gasteiger partial charge in [0.1, 0.15) is 0 Å². The lowest BCUT2D eigenvalue weighted by Crippen LogP contribution is -2.22. The number of likely N-dealkylation sites (N-methyl/N-ethyl adjacent to an activating group) is 1. The van der Waals surface area contributed by atoms with Crippen molar-refractivity contribution in [3.05, 3.63) is 55.7 Å². The minimum Gasteiger partial charge on any atom is -0.309 e. The van der Waals surface area contributed by atoms with Crippen LogP contribution in [-0.4, -0.2) is 6.54 Å². The molecule has 0 aliphatic carbocycles. The van der Waals surface area contributed by atoms with Crippen molar-refractivity contribution in [2.45, 2.75) is 33.2 Å². The SMILES string of the molecule is CCNC(Cc1ccc(C)c(C)c1)c1sccc1Br. The second-order valence-electron chi connectivity index (χ2n) is 4.87. The van der Waals surface area contributed by atoms with Crippen LogP contribution in [0, 0.1) is 13.8 Å². The van der Waals surface area contributed by atoms with Gasteiger partial charge in [0, 0.05) is 15.4 Å². The van der Waals surface area contributed by atoms with Gasteiger partial charge in [-0.25, -0.2) is 0 Å². The van der Waals surface area contributed by atoms with E-state index < -0.39 is 0 Å². The summed E-state index contributed by atoms with van der Waals surface area (Å²) in [5, 5.41) is 5.73. The Morgan fingerprint density at radius 3 is 2.58 bits per heavy atom. The molecule has 0 bridgehead atoms. The molecule has 1 heterocycles. The van der Waals surface area contributed by atoms with Crippen LogP contribution in [0.5, 0.6) is 0 Å². The smallest absolute Gasteiger partial charge is 0.0467 e. The van der Waals surface area contributed by atoms with Crippen LogP contribution in [0.1, 0.15) is 34.5 Å². The van der Waals surface area contributed by atoms with E-state index in [1.165, 1.54) is 26.0 Å². The van der Waals surface area contributed by atoms with Crippen molar-refractivity contribution in [3.8, 4) is 0 Å². The van der Waals surface area contributed by atoms with E-state index in [2.05, 4.69) is 71.7 Å². The molecule has 1 N–H and O–H groups in total. The maximum absolute atomic E-state index is 3.65. The largest absolute Gasteiger partial charge is 0.309 e. The number of thiophene rings is 1. The van der Waals surface area contributed by atoms with Gasteiger partial charge in [0.25, 0.3) is 0 Å². The number of hydrogen-bond acceptors (Lipinski definition) is 2. The van der Waals surface area contributed by atoms with Gasteiger partial charge in [-0.05, 0) is 70.9 Å². The van der Waals surface area contributed by atoms with E-state index in [1.54, 1.807) is 0 Å². The molecule has 3 heteroatoms. The Kier molecular flexibility index (Phi) is 5.20. The highest BCUT2D eigenvalue weighted by atomic mass is 79.9. The minimum absolute atomic E-state index is 0.390. The molecular formula is C16H20BrNS. The van der Waals surface area contributed by atoms with Crippen molar-refractivity contribution in [1.29, 1.82) is 0 Å². The third-order valence-electron chi connectivity index (χ3n) is 3.42. The molecule has 0 radical (unpaired) electrons. The lowest BCUT2D eigenvalue weighted by Gasteiger charge is -2.18. The molecule has 2 aromatic rings. The summed E-state index contributed by atoms with van der Waals surface area (Å²) in [6, 6.07) is 9.29. The highest BCUT2D eigenvalue weighted by Crippen LogP contribution is 2.31. The first-order chi connectivity index (χ1) is 9.11. The van der Waals surface area contributed by atoms with E-state index in [-0.39, 0.29) is 0 Å². The molecule has 1 atom stereocenters. The fraction of sp³-hybridized carbons (Fsp3) is 0.375. The lowest BCUT2D eigenvalue weighted by atomic mass is 10.00. The number of hydrogen-bond donors (Lipinski definition) is 1. The molecule has 0 saturated carbocycles. The van der Waals surface area contributed by atoms with E-state index in [0.717, 1.165) is 13.0 Å². The Hall–Kier alpha value is -0.640. The monoisotopic (exact) mass is 337 g/mol. The molecule has 0 saturated heterocycles. The molecule has 1 nitrogen and oxygen atoms in total. The van der Waals surface area contributed by atoms with Gasteiger partial charge in [0.15, 0.2) is 0 Å². The number of halogens is 1. The van der Waals surface area contributed by atoms with E-state index >= 15 is 0 Å². The summed E-state index contributed by atoms with van der Waals surface area (Å²) in [5.74, 6) is 0. The van der Waals surface area contributed by atoms with Crippen LogP contribution in [0.4, 0.5) is 0 Å². The van der Waals surface area contributed by atoms with E-state index in [4.69, 9.17) is 0 Å². The number of nitrogens with one attached hydrogen (secondary N) is 1. The van der Waals surface area contributed by atoms with Gasteiger partial charge >= 0.3 is 0 Å². The minimum atomic E-state index is 0.390. The molecule has 1 aromatic heterocycles. The first-order valence-electron chi connectivity index (χ1n) is 6.64. The van der Waals surface area contributed by atoms with Crippen LogP contribution >= 0.6 is 27.3 Å². The maximum atomic E-state index is 3.65. The van der Waals surface area contributed by atoms with Crippen molar-refractivity contribution in [1.82, 2.24) is 5.32 Å². The van der Waals surface area contributed by atoms with E-state index in [9.17, 15) is 0 Å². The van der Waals surface area contributed by atoms with Gasteiger partial charge in [-0.1, -0.05) is 25.1 Å². The van der Waals surface area contributed by atoms with Gasteiger partial charge in [-0.2, -0.15) is 0 Å². The van der Waals surface area contributed by atoms with Gasteiger partial charge in [-0.3, -0.25) is 0 Å². The summed E-state index contributed by atoms with van der Waals surface area (Å²) >= 11 is 5.46. The zero-order valence-corrected chi connectivity index (χ0v) is 14.1. The molecule has 1 aromatic carbocycles. The van der Waals surface area contributed by atoms with Gasteiger partial charge in [0.05, 0.1) is 0 Å². The molecule has 0 spiro atoms. The molecule has 19 heavy (non-hydrogen) atoms. The van der Waals surface area contributed by atoms with Crippen LogP contribution in [0.3, 0.4) is 0 Å². The first kappa shape index (κ1) is 14.8. The van der Waals surface area contributed by atoms with E-state index in [1.807, 2.05) is 11.3 Å². The predicted molar refractivity (Wildman–Crippen MR) is 88.1 cm³/mol. The van der Waals surface area contributed by atoms with Crippen LogP contribution in [0.25, 0.3) is 0 Å². The molecule has 0 amide bonds. The Bertz CT molecular complexity index is 547. The normalized spacial score (nSPS) is 12.6. The third kappa shape index (κ3) is 3.68. The van der Waals surface area contributed by atoms with Gasteiger partial charge < -0.3 is 5.32 Å². The van der Waals surface area contributed by atoms with Crippen LogP contribution in [0.15, 0.2) is 34.1 Å². The maximum Gasteiger partial charge on any atom is 0.0467 e. The molecule has 2 rings (SSSR count). The Balaban J connectivity index is 2.21. The quantitative estimate of drug-likeness (QED) is 0.807. The molecular weight excluding hydrogens is 318 g/mol. The average Bonchev–Trinajstić information content (AvgIpc) is 2.79. The first-order valence-corrected chi connectivity index (χ1v) is 8.31. The van der Waals surface area contributed by atoms with Crippen molar-refractivity contribution in [2.24, 2.45) is 0 Å². The molecule has 0 aliphatic heterocycles. The van der Waals surface area contributed by atoms with Crippen molar-refractivity contribution < 1.29 is 0 Å². The average molecular weight is 338 g/mol. The van der Waals surface area contributed by atoms with Crippen molar-refractivity contribution in [3.63, 3.8) is 0 Å². The predicted octanol–water partition coefficient (Wildman–Crippen LogP) is 5.02. The summed E-state index contributed by atoms with van der Waals surface area (Å²) in [6.45, 7) is 7.49. The number of rotatable bonds is 5. The van der Waals surface area contributed by atoms with Crippen LogP contribution in [0.2, 0.25) is 0 Å². The van der Waals surface area contributed by atoms with Crippen LogP contribution < -0.4 is 5.32 Å². The standard InChI is InChI=1S/C16H20BrNS/c1-4-18-15(16-14(17)7-8-19-16)10-13-6-5-11(2)12(3)9-13/h5-9,15,18H,4,10H2,1-3H3. The second-order valence-corrected chi connectivity index (χ2v) is 6.67. The fourth-order valence-electron chi connectivity index (χ4n) is 2.22. The molecule has 0 fully saturated rings. The Labute approximate surface area is 128 Å². The van der Waals surface area contributed by atoms with Crippen molar-refractivity contribution in [2.75, 3.05) is 6.54 Å². The fourth-order valence-corrected chi connectivity index (χ4v) is 3.95. The molecule has 102 valence electrons. The third-order valence-corrected chi connectivity index (χ3v) is 5.41. The highest BCUT2D eigenvalue weighted by molar-refractivity contribution is 9.10. The number of benzene rings is 1. The zero-order valence-electron chi connectivity index (χ0n) is 11.7. The van der Waals surface area contributed by atoms with Gasteiger partial charge in [-0.15, -0.1) is 11.3 Å². The Morgan fingerprint density at radius 2 is 2.00 bits per heavy atom. The molecule has 1 unspecified atom stereocenters. The van der Waals surface area contributed by atoms with Gasteiger partial charge in [0.2, 0.25) is 0 Å². The summed E-state index contributed by atoms with van der Waals surface area (Å²) in [6.07, 6.45) is 1.04. The summed E-state index contributed by atoms with van der Waals surface area (Å²) < 4.78 is 1.22. The summed E-state index contributed by atoms with van der Waals surface area (Å²) in [4.78, 5) is 1.39.